The number of ether oxygens (including phenoxy) is 1. The molecule has 0 aromatic carbocycles. The summed E-state index contributed by atoms with van der Waals surface area (Å²) in [5.74, 6) is -0.546. The molecule has 0 fully saturated rings. The molecule has 0 saturated heterocycles. The molecule has 0 bridgehead atoms. The minimum absolute atomic E-state index is 0.0349. The van der Waals surface area contributed by atoms with Crippen molar-refractivity contribution in [2.45, 2.75) is 232 Å². The number of aliphatic hydroxyl groups is 2. The molecule has 0 aliphatic rings. The van der Waals surface area contributed by atoms with Gasteiger partial charge in [0, 0.05) is 6.42 Å². The summed E-state index contributed by atoms with van der Waals surface area (Å²) in [7, 11) is 0. The Balaban J connectivity index is 4.73. The SMILES string of the molecule is CCC/C=C\CCCCCCCC(=O)OC(CCC/C=C\C/C=C\C/C=C\C/C=C\CCCCC)CC(=O)NC(CO)C(O)CCCCCCCCCCC. The van der Waals surface area contributed by atoms with Crippen molar-refractivity contribution in [1.29, 1.82) is 0 Å². The van der Waals surface area contributed by atoms with E-state index in [1.54, 1.807) is 0 Å². The summed E-state index contributed by atoms with van der Waals surface area (Å²) < 4.78 is 5.86. The van der Waals surface area contributed by atoms with Crippen LogP contribution in [0.1, 0.15) is 213 Å². The number of nitrogens with one attached hydrogen (secondary N) is 1. The van der Waals surface area contributed by atoms with Crippen molar-refractivity contribution in [2.75, 3.05) is 6.61 Å². The molecule has 0 rings (SSSR count). The van der Waals surface area contributed by atoms with Gasteiger partial charge < -0.3 is 20.3 Å². The first-order valence-electron chi connectivity index (χ1n) is 23.0. The first kappa shape index (κ1) is 52.6. The first-order valence-corrected chi connectivity index (χ1v) is 23.0. The predicted octanol–water partition coefficient (Wildman–Crippen LogP) is 13.3. The molecule has 1 amide bonds. The number of rotatable bonds is 40. The van der Waals surface area contributed by atoms with Crippen molar-refractivity contribution in [3.8, 4) is 0 Å². The highest BCUT2D eigenvalue weighted by atomic mass is 16.5. The Labute approximate surface area is 339 Å². The second kappa shape index (κ2) is 42.7. The van der Waals surface area contributed by atoms with E-state index in [1.165, 1.54) is 83.5 Å². The molecule has 0 spiro atoms. The number of carbonyl (C=O) groups is 2. The molecule has 0 saturated carbocycles. The molecule has 0 radical (unpaired) electrons. The number of aliphatic hydroxyl groups excluding tert-OH is 2. The van der Waals surface area contributed by atoms with Crippen LogP contribution in [-0.2, 0) is 14.3 Å². The Morgan fingerprint density at radius 2 is 0.982 bits per heavy atom. The van der Waals surface area contributed by atoms with Crippen molar-refractivity contribution >= 4 is 11.9 Å². The summed E-state index contributed by atoms with van der Waals surface area (Å²) in [5, 5.41) is 23.6. The van der Waals surface area contributed by atoms with Gasteiger partial charge in [-0.15, -0.1) is 0 Å². The fraction of sp³-hybridized carbons (Fsp3) is 0.755. The Kier molecular flexibility index (Phi) is 40.8. The van der Waals surface area contributed by atoms with Gasteiger partial charge in [-0.1, -0.05) is 178 Å². The molecule has 0 aromatic heterocycles. The highest BCUT2D eigenvalue weighted by Gasteiger charge is 2.24. The third kappa shape index (κ3) is 38.2. The van der Waals surface area contributed by atoms with Crippen LogP contribution in [0.2, 0.25) is 0 Å². The van der Waals surface area contributed by atoms with E-state index in [0.717, 1.165) is 83.5 Å². The molecule has 0 heterocycles. The Hall–Kier alpha value is -2.44. The van der Waals surface area contributed by atoms with Crippen molar-refractivity contribution in [2.24, 2.45) is 0 Å². The van der Waals surface area contributed by atoms with Crippen LogP contribution in [-0.4, -0.2) is 46.9 Å². The highest BCUT2D eigenvalue weighted by Crippen LogP contribution is 2.16. The Bertz CT molecular complexity index is 999. The lowest BCUT2D eigenvalue weighted by atomic mass is 10.0. The monoisotopic (exact) mass is 770 g/mol. The molecule has 318 valence electrons. The Morgan fingerprint density at radius 1 is 0.527 bits per heavy atom. The summed E-state index contributed by atoms with van der Waals surface area (Å²) in [6.45, 7) is 6.34. The molecular weight excluding hydrogens is 683 g/mol. The molecule has 3 unspecified atom stereocenters. The number of esters is 1. The van der Waals surface area contributed by atoms with Gasteiger partial charge in [-0.25, -0.2) is 0 Å². The van der Waals surface area contributed by atoms with Gasteiger partial charge in [-0.2, -0.15) is 0 Å². The predicted molar refractivity (Wildman–Crippen MR) is 236 cm³/mol. The van der Waals surface area contributed by atoms with E-state index < -0.39 is 18.2 Å². The van der Waals surface area contributed by atoms with Crippen molar-refractivity contribution in [3.63, 3.8) is 0 Å². The van der Waals surface area contributed by atoms with Gasteiger partial charge in [0.25, 0.3) is 0 Å². The first-order chi connectivity index (χ1) is 27.0. The van der Waals surface area contributed by atoms with Crippen LogP contribution >= 0.6 is 0 Å². The van der Waals surface area contributed by atoms with Gasteiger partial charge in [-0.05, 0) is 83.5 Å². The van der Waals surface area contributed by atoms with Crippen LogP contribution in [0.3, 0.4) is 0 Å². The van der Waals surface area contributed by atoms with Crippen molar-refractivity contribution in [1.82, 2.24) is 5.32 Å². The van der Waals surface area contributed by atoms with Gasteiger partial charge in [-0.3, -0.25) is 9.59 Å². The second-order valence-electron chi connectivity index (χ2n) is 15.4. The molecular formula is C49H87NO5. The van der Waals surface area contributed by atoms with E-state index in [4.69, 9.17) is 4.74 Å². The van der Waals surface area contributed by atoms with Crippen LogP contribution in [0.25, 0.3) is 0 Å². The zero-order chi connectivity index (χ0) is 40.3. The average Bonchev–Trinajstić information content (AvgIpc) is 3.18. The maximum absolute atomic E-state index is 13.1. The van der Waals surface area contributed by atoms with Crippen LogP contribution in [0.15, 0.2) is 60.8 Å². The van der Waals surface area contributed by atoms with E-state index in [0.29, 0.717) is 19.3 Å². The number of hydrogen-bond acceptors (Lipinski definition) is 5. The average molecular weight is 770 g/mol. The van der Waals surface area contributed by atoms with E-state index >= 15 is 0 Å². The quantitative estimate of drug-likeness (QED) is 0.0328. The Morgan fingerprint density at radius 3 is 1.56 bits per heavy atom. The van der Waals surface area contributed by atoms with E-state index in [9.17, 15) is 19.8 Å². The number of carbonyl (C=O) groups excluding carboxylic acids is 2. The molecule has 3 N–H and O–H groups in total. The second-order valence-corrected chi connectivity index (χ2v) is 15.4. The number of unbranched alkanes of at least 4 members (excludes halogenated alkanes) is 18. The summed E-state index contributed by atoms with van der Waals surface area (Å²) in [6, 6.07) is -0.719. The lowest BCUT2D eigenvalue weighted by Crippen LogP contribution is -2.46. The van der Waals surface area contributed by atoms with Gasteiger partial charge in [0.05, 0.1) is 25.2 Å². The van der Waals surface area contributed by atoms with Crippen LogP contribution < -0.4 is 5.32 Å². The van der Waals surface area contributed by atoms with Gasteiger partial charge >= 0.3 is 5.97 Å². The van der Waals surface area contributed by atoms with Crippen LogP contribution in [0, 0.1) is 0 Å². The topological polar surface area (TPSA) is 95.9 Å². The molecule has 0 aromatic rings. The smallest absolute Gasteiger partial charge is 0.306 e. The minimum atomic E-state index is -0.802. The number of hydrogen-bond donors (Lipinski definition) is 3. The van der Waals surface area contributed by atoms with E-state index in [1.807, 2.05) is 0 Å². The zero-order valence-electron chi connectivity index (χ0n) is 36.0. The molecule has 0 aliphatic carbocycles. The van der Waals surface area contributed by atoms with Gasteiger partial charge in [0.1, 0.15) is 6.10 Å². The highest BCUT2D eigenvalue weighted by molar-refractivity contribution is 5.77. The fourth-order valence-electron chi connectivity index (χ4n) is 6.54. The number of amides is 1. The summed E-state index contributed by atoms with van der Waals surface area (Å²) in [6.07, 6.45) is 51.4. The van der Waals surface area contributed by atoms with E-state index in [-0.39, 0.29) is 24.9 Å². The van der Waals surface area contributed by atoms with Crippen LogP contribution in [0.5, 0.6) is 0 Å². The number of allylic oxidation sites excluding steroid dienone is 10. The van der Waals surface area contributed by atoms with Crippen LogP contribution in [0.4, 0.5) is 0 Å². The molecule has 0 aliphatic heterocycles. The van der Waals surface area contributed by atoms with Crippen molar-refractivity contribution < 1.29 is 24.5 Å². The lowest BCUT2D eigenvalue weighted by molar-refractivity contribution is -0.151. The summed E-state index contributed by atoms with van der Waals surface area (Å²) in [4.78, 5) is 25.9. The maximum Gasteiger partial charge on any atom is 0.306 e. The molecule has 6 heteroatoms. The molecule has 6 nitrogen and oxygen atoms in total. The van der Waals surface area contributed by atoms with Crippen molar-refractivity contribution in [3.05, 3.63) is 60.8 Å². The summed E-state index contributed by atoms with van der Waals surface area (Å²) in [5.41, 5.74) is 0. The maximum atomic E-state index is 13.1. The zero-order valence-corrected chi connectivity index (χ0v) is 36.0. The van der Waals surface area contributed by atoms with Gasteiger partial charge in [0.2, 0.25) is 5.91 Å². The third-order valence-corrected chi connectivity index (χ3v) is 10.1. The standard InChI is InChI=1S/C49H87NO5/c1-4-7-10-13-16-19-21-22-23-24-25-26-27-29-31-34-37-40-45(55-49(54)42-39-36-33-30-20-17-14-11-8-5-2)43-48(53)50-46(44-51)47(52)41-38-35-32-28-18-15-12-9-6-3/h11,14,16,19,22-23,25-26,29,31,45-47,51-52H,4-10,12-13,15,17-18,20-21,24,27-28,30,32-44H2,1-3H3,(H,50,53)/b14-11-,19-16-,23-22-,26-25-,31-29-. The van der Waals surface area contributed by atoms with E-state index in [2.05, 4.69) is 86.8 Å². The summed E-state index contributed by atoms with van der Waals surface area (Å²) >= 11 is 0. The minimum Gasteiger partial charge on any atom is -0.462 e. The normalized spacial score (nSPS) is 13.9. The fourth-order valence-corrected chi connectivity index (χ4v) is 6.54. The van der Waals surface area contributed by atoms with Gasteiger partial charge in [0.15, 0.2) is 0 Å². The largest absolute Gasteiger partial charge is 0.462 e. The third-order valence-electron chi connectivity index (χ3n) is 10.1. The molecule has 3 atom stereocenters. The molecule has 55 heavy (non-hydrogen) atoms. The lowest BCUT2D eigenvalue weighted by Gasteiger charge is -2.24.